The predicted octanol–water partition coefficient (Wildman–Crippen LogP) is 1.93. The van der Waals surface area contributed by atoms with E-state index in [1.54, 1.807) is 7.05 Å². The minimum atomic E-state index is 0.0938. The van der Waals surface area contributed by atoms with E-state index in [0.29, 0.717) is 12.3 Å². The molecule has 0 spiro atoms. The molecule has 1 rings (SSSR count). The molecule has 0 aromatic heterocycles. The molecule has 0 radical (unpaired) electrons. The molecule has 0 aliphatic rings. The number of benzene rings is 1. The highest BCUT2D eigenvalue weighted by Crippen LogP contribution is 2.17. The Morgan fingerprint density at radius 2 is 2.00 bits per heavy atom. The Hall–Kier alpha value is -1.31. The maximum Gasteiger partial charge on any atom is 0.220 e. The van der Waals surface area contributed by atoms with Crippen molar-refractivity contribution in [1.29, 1.82) is 0 Å². The topological polar surface area (TPSA) is 29.1 Å². The Morgan fingerprint density at radius 3 is 2.54 bits per heavy atom. The normalized spacial score (nSPS) is 12.2. The molecule has 0 saturated carbocycles. The van der Waals surface area contributed by atoms with Gasteiger partial charge in [-0.15, -0.1) is 0 Å². The molecule has 0 heterocycles. The first-order valence-electron chi connectivity index (χ1n) is 4.49. The number of carbonyl (C=O) groups is 1. The summed E-state index contributed by atoms with van der Waals surface area (Å²) in [6, 6.07) is 10.1. The van der Waals surface area contributed by atoms with E-state index in [-0.39, 0.29) is 5.91 Å². The molecule has 2 heteroatoms. The van der Waals surface area contributed by atoms with Gasteiger partial charge in [0.05, 0.1) is 0 Å². The maximum atomic E-state index is 11.1. The van der Waals surface area contributed by atoms with Crippen LogP contribution in [0.4, 0.5) is 0 Å². The molecular weight excluding hydrogens is 162 g/mol. The molecule has 1 aromatic rings. The summed E-state index contributed by atoms with van der Waals surface area (Å²) >= 11 is 0. The Labute approximate surface area is 79.0 Å². The molecule has 0 aliphatic carbocycles. The summed E-state index contributed by atoms with van der Waals surface area (Å²) in [7, 11) is 1.67. The summed E-state index contributed by atoms with van der Waals surface area (Å²) < 4.78 is 0. The van der Waals surface area contributed by atoms with Crippen molar-refractivity contribution in [3.63, 3.8) is 0 Å². The van der Waals surface area contributed by atoms with Crippen molar-refractivity contribution in [2.45, 2.75) is 19.3 Å². The van der Waals surface area contributed by atoms with E-state index in [4.69, 9.17) is 0 Å². The van der Waals surface area contributed by atoms with E-state index in [1.165, 1.54) is 5.56 Å². The fourth-order valence-corrected chi connectivity index (χ4v) is 1.28. The minimum absolute atomic E-state index is 0.0938. The Kier molecular flexibility index (Phi) is 3.50. The van der Waals surface area contributed by atoms with Gasteiger partial charge in [-0.25, -0.2) is 0 Å². The SMILES string of the molecule is CNC(=O)C[C@@H](C)c1ccccc1. The number of hydrogen-bond donors (Lipinski definition) is 1. The van der Waals surface area contributed by atoms with Crippen molar-refractivity contribution in [3.8, 4) is 0 Å². The highest BCUT2D eigenvalue weighted by molar-refractivity contribution is 5.76. The molecule has 0 aliphatic heterocycles. The first-order valence-corrected chi connectivity index (χ1v) is 4.49. The van der Waals surface area contributed by atoms with Crippen LogP contribution in [0.2, 0.25) is 0 Å². The quantitative estimate of drug-likeness (QED) is 0.751. The third-order valence-corrected chi connectivity index (χ3v) is 2.14. The van der Waals surface area contributed by atoms with Crippen LogP contribution in [0.25, 0.3) is 0 Å². The van der Waals surface area contributed by atoms with Crippen molar-refractivity contribution in [3.05, 3.63) is 35.9 Å². The van der Waals surface area contributed by atoms with Gasteiger partial charge in [-0.1, -0.05) is 37.3 Å². The monoisotopic (exact) mass is 177 g/mol. The molecule has 1 N–H and O–H groups in total. The molecule has 1 atom stereocenters. The van der Waals surface area contributed by atoms with Gasteiger partial charge in [0.1, 0.15) is 0 Å². The van der Waals surface area contributed by atoms with E-state index >= 15 is 0 Å². The van der Waals surface area contributed by atoms with Crippen LogP contribution in [0.3, 0.4) is 0 Å². The Bertz CT molecular complexity index is 269. The molecule has 1 amide bonds. The first-order chi connectivity index (χ1) is 6.24. The Morgan fingerprint density at radius 1 is 1.38 bits per heavy atom. The Balaban J connectivity index is 2.59. The van der Waals surface area contributed by atoms with Gasteiger partial charge in [-0.05, 0) is 11.5 Å². The van der Waals surface area contributed by atoms with E-state index in [9.17, 15) is 4.79 Å². The fraction of sp³-hybridized carbons (Fsp3) is 0.364. The average molecular weight is 177 g/mol. The van der Waals surface area contributed by atoms with Gasteiger partial charge >= 0.3 is 0 Å². The highest BCUT2D eigenvalue weighted by atomic mass is 16.1. The molecule has 70 valence electrons. The van der Waals surface area contributed by atoms with Gasteiger partial charge in [0.2, 0.25) is 5.91 Å². The van der Waals surface area contributed by atoms with Crippen LogP contribution >= 0.6 is 0 Å². The van der Waals surface area contributed by atoms with Crippen LogP contribution in [-0.4, -0.2) is 13.0 Å². The third kappa shape index (κ3) is 2.90. The summed E-state index contributed by atoms with van der Waals surface area (Å²) in [5, 5.41) is 2.63. The summed E-state index contributed by atoms with van der Waals surface area (Å²) in [6.07, 6.45) is 0.556. The lowest BCUT2D eigenvalue weighted by Crippen LogP contribution is -2.19. The van der Waals surface area contributed by atoms with Crippen molar-refractivity contribution in [1.82, 2.24) is 5.32 Å². The molecular formula is C11H15NO. The third-order valence-electron chi connectivity index (χ3n) is 2.14. The standard InChI is InChI=1S/C11H15NO/c1-9(8-11(13)12-2)10-6-4-3-5-7-10/h3-7,9H,8H2,1-2H3,(H,12,13)/t9-/m1/s1. The predicted molar refractivity (Wildman–Crippen MR) is 53.5 cm³/mol. The van der Waals surface area contributed by atoms with Crippen LogP contribution in [0.1, 0.15) is 24.8 Å². The van der Waals surface area contributed by atoms with Crippen molar-refractivity contribution >= 4 is 5.91 Å². The van der Waals surface area contributed by atoms with E-state index in [0.717, 1.165) is 0 Å². The van der Waals surface area contributed by atoms with Crippen LogP contribution < -0.4 is 5.32 Å². The van der Waals surface area contributed by atoms with Gasteiger partial charge in [-0.2, -0.15) is 0 Å². The van der Waals surface area contributed by atoms with Crippen molar-refractivity contribution < 1.29 is 4.79 Å². The van der Waals surface area contributed by atoms with Crippen LogP contribution in [0.5, 0.6) is 0 Å². The smallest absolute Gasteiger partial charge is 0.220 e. The zero-order valence-corrected chi connectivity index (χ0v) is 8.08. The number of hydrogen-bond acceptors (Lipinski definition) is 1. The second-order valence-electron chi connectivity index (χ2n) is 3.19. The van der Waals surface area contributed by atoms with Crippen LogP contribution in [0.15, 0.2) is 30.3 Å². The molecule has 2 nitrogen and oxygen atoms in total. The van der Waals surface area contributed by atoms with Gasteiger partial charge < -0.3 is 5.32 Å². The first kappa shape index (κ1) is 9.78. The lowest BCUT2D eigenvalue weighted by Gasteiger charge is -2.09. The largest absolute Gasteiger partial charge is 0.359 e. The number of amides is 1. The van der Waals surface area contributed by atoms with Crippen LogP contribution in [0, 0.1) is 0 Å². The number of carbonyl (C=O) groups excluding carboxylic acids is 1. The van der Waals surface area contributed by atoms with Gasteiger partial charge in [0.25, 0.3) is 0 Å². The maximum absolute atomic E-state index is 11.1. The van der Waals surface area contributed by atoms with Crippen LogP contribution in [-0.2, 0) is 4.79 Å². The van der Waals surface area contributed by atoms with E-state index in [2.05, 4.69) is 12.2 Å². The van der Waals surface area contributed by atoms with E-state index < -0.39 is 0 Å². The second kappa shape index (κ2) is 4.65. The minimum Gasteiger partial charge on any atom is -0.359 e. The summed E-state index contributed by atoms with van der Waals surface area (Å²) in [5.74, 6) is 0.387. The highest BCUT2D eigenvalue weighted by Gasteiger charge is 2.08. The van der Waals surface area contributed by atoms with Crippen molar-refractivity contribution in [2.24, 2.45) is 0 Å². The van der Waals surface area contributed by atoms with Gasteiger partial charge in [0.15, 0.2) is 0 Å². The number of nitrogens with one attached hydrogen (secondary N) is 1. The second-order valence-corrected chi connectivity index (χ2v) is 3.19. The molecule has 0 saturated heterocycles. The van der Waals surface area contributed by atoms with Crippen molar-refractivity contribution in [2.75, 3.05) is 7.05 Å². The lowest BCUT2D eigenvalue weighted by atomic mass is 9.98. The summed E-state index contributed by atoms with van der Waals surface area (Å²) in [4.78, 5) is 11.1. The average Bonchev–Trinajstić information content (AvgIpc) is 2.19. The summed E-state index contributed by atoms with van der Waals surface area (Å²) in [6.45, 7) is 2.06. The zero-order valence-electron chi connectivity index (χ0n) is 8.08. The van der Waals surface area contributed by atoms with Gasteiger partial charge in [-0.3, -0.25) is 4.79 Å². The molecule has 13 heavy (non-hydrogen) atoms. The van der Waals surface area contributed by atoms with Gasteiger partial charge in [0, 0.05) is 13.5 Å². The number of rotatable bonds is 3. The molecule has 1 aromatic carbocycles. The lowest BCUT2D eigenvalue weighted by molar-refractivity contribution is -0.120. The molecule has 0 unspecified atom stereocenters. The zero-order chi connectivity index (χ0) is 9.68. The fourth-order valence-electron chi connectivity index (χ4n) is 1.28. The summed E-state index contributed by atoms with van der Waals surface area (Å²) in [5.41, 5.74) is 1.21. The van der Waals surface area contributed by atoms with E-state index in [1.807, 2.05) is 30.3 Å². The molecule has 0 bridgehead atoms. The molecule has 0 fully saturated rings.